The molecule has 8 heteroatoms. The maximum atomic E-state index is 12.1. The number of hydrogen-bond donors (Lipinski definition) is 3. The van der Waals surface area contributed by atoms with Crippen LogP contribution in [0.25, 0.3) is 0 Å². The van der Waals surface area contributed by atoms with Gasteiger partial charge in [0.25, 0.3) is 5.91 Å². The van der Waals surface area contributed by atoms with Gasteiger partial charge in [-0.2, -0.15) is 0 Å². The summed E-state index contributed by atoms with van der Waals surface area (Å²) in [5.74, 6) is 2.11. The van der Waals surface area contributed by atoms with Crippen LogP contribution in [0.15, 0.2) is 51.9 Å². The summed E-state index contributed by atoms with van der Waals surface area (Å²) in [7, 11) is 0. The molecule has 0 aliphatic carbocycles. The fourth-order valence-electron chi connectivity index (χ4n) is 2.61. The van der Waals surface area contributed by atoms with Gasteiger partial charge in [0, 0.05) is 29.7 Å². The molecule has 0 spiro atoms. The Labute approximate surface area is 172 Å². The zero-order valence-electron chi connectivity index (χ0n) is 15.6. The Kier molecular flexibility index (Phi) is 7.13. The first-order valence-corrected chi connectivity index (χ1v) is 9.89. The maximum absolute atomic E-state index is 12.1. The number of guanidine groups is 1. The van der Waals surface area contributed by atoms with E-state index in [0.717, 1.165) is 28.1 Å². The van der Waals surface area contributed by atoms with Crippen molar-refractivity contribution >= 4 is 27.8 Å². The van der Waals surface area contributed by atoms with E-state index in [0.29, 0.717) is 31.2 Å². The number of carbonyl (C=O) groups is 1. The molecular weight excluding hydrogens is 424 g/mol. The average Bonchev–Trinajstić information content (AvgIpc) is 3.17. The third-order valence-electron chi connectivity index (χ3n) is 4.01. The largest absolute Gasteiger partial charge is 0.454 e. The highest BCUT2D eigenvalue weighted by molar-refractivity contribution is 9.10. The molecule has 3 rings (SSSR count). The Bertz CT molecular complexity index is 840. The van der Waals surface area contributed by atoms with Crippen LogP contribution in [-0.4, -0.2) is 38.3 Å². The van der Waals surface area contributed by atoms with E-state index in [4.69, 9.17) is 9.47 Å². The molecule has 0 saturated heterocycles. The Hall–Kier alpha value is -2.74. The molecule has 7 nitrogen and oxygen atoms in total. The Balaban J connectivity index is 1.46. The van der Waals surface area contributed by atoms with E-state index < -0.39 is 0 Å². The fraction of sp³-hybridized carbons (Fsp3) is 0.300. The van der Waals surface area contributed by atoms with Crippen LogP contribution < -0.4 is 25.4 Å². The van der Waals surface area contributed by atoms with Crippen molar-refractivity contribution in [1.82, 2.24) is 16.0 Å². The first-order chi connectivity index (χ1) is 13.7. The quantitative estimate of drug-likeness (QED) is 0.345. The van der Waals surface area contributed by atoms with Gasteiger partial charge in [-0.05, 0) is 48.9 Å². The molecule has 1 amide bonds. The fourth-order valence-corrected chi connectivity index (χ4v) is 2.88. The number of nitrogens with zero attached hydrogens (tertiary/aromatic N) is 1. The topological polar surface area (TPSA) is 84.0 Å². The van der Waals surface area contributed by atoms with Crippen LogP contribution in [0.3, 0.4) is 0 Å². The van der Waals surface area contributed by atoms with Crippen molar-refractivity contribution in [1.29, 1.82) is 0 Å². The van der Waals surface area contributed by atoms with Crippen molar-refractivity contribution in [2.45, 2.75) is 13.5 Å². The van der Waals surface area contributed by atoms with E-state index in [2.05, 4.69) is 36.9 Å². The number of amides is 1. The highest BCUT2D eigenvalue weighted by atomic mass is 79.9. The third kappa shape index (κ3) is 5.63. The molecule has 0 unspecified atom stereocenters. The minimum absolute atomic E-state index is 0.100. The predicted molar refractivity (Wildman–Crippen MR) is 112 cm³/mol. The zero-order chi connectivity index (χ0) is 19.8. The summed E-state index contributed by atoms with van der Waals surface area (Å²) in [6.45, 7) is 4.58. The lowest BCUT2D eigenvalue weighted by molar-refractivity contribution is 0.0954. The summed E-state index contributed by atoms with van der Waals surface area (Å²) in [4.78, 5) is 16.7. The lowest BCUT2D eigenvalue weighted by Gasteiger charge is -2.12. The SMILES string of the molecule is CCNC(=NCc1ccc2c(c1)OCO2)NCCNC(=O)c1ccc(Br)cc1. The average molecular weight is 447 g/mol. The number of aliphatic imine (C=N–C) groups is 1. The van der Waals surface area contributed by atoms with Crippen LogP contribution in [0.1, 0.15) is 22.8 Å². The monoisotopic (exact) mass is 446 g/mol. The van der Waals surface area contributed by atoms with E-state index in [1.165, 1.54) is 0 Å². The Morgan fingerprint density at radius 2 is 1.79 bits per heavy atom. The van der Waals surface area contributed by atoms with Gasteiger partial charge in [-0.25, -0.2) is 4.99 Å². The molecule has 0 saturated carbocycles. The van der Waals surface area contributed by atoms with Crippen LogP contribution in [-0.2, 0) is 6.54 Å². The Morgan fingerprint density at radius 1 is 1.04 bits per heavy atom. The summed E-state index contributed by atoms with van der Waals surface area (Å²) >= 11 is 3.36. The first-order valence-electron chi connectivity index (χ1n) is 9.10. The lowest BCUT2D eigenvalue weighted by Crippen LogP contribution is -2.41. The molecule has 1 heterocycles. The van der Waals surface area contributed by atoms with Gasteiger partial charge in [0.15, 0.2) is 17.5 Å². The number of nitrogens with one attached hydrogen (secondary N) is 3. The molecule has 28 heavy (non-hydrogen) atoms. The molecule has 1 aliphatic heterocycles. The van der Waals surface area contributed by atoms with E-state index in [-0.39, 0.29) is 12.7 Å². The van der Waals surface area contributed by atoms with Crippen LogP contribution in [0.2, 0.25) is 0 Å². The molecule has 1 aliphatic rings. The second-order valence-corrected chi connectivity index (χ2v) is 6.99. The van der Waals surface area contributed by atoms with Crippen molar-refractivity contribution in [3.05, 3.63) is 58.1 Å². The molecule has 2 aromatic carbocycles. The van der Waals surface area contributed by atoms with Crippen LogP contribution in [0, 0.1) is 0 Å². The smallest absolute Gasteiger partial charge is 0.251 e. The van der Waals surface area contributed by atoms with Crippen molar-refractivity contribution < 1.29 is 14.3 Å². The highest BCUT2D eigenvalue weighted by Crippen LogP contribution is 2.32. The van der Waals surface area contributed by atoms with E-state index in [9.17, 15) is 4.79 Å². The number of benzene rings is 2. The number of ether oxygens (including phenoxy) is 2. The van der Waals surface area contributed by atoms with Gasteiger partial charge in [-0.15, -0.1) is 0 Å². The molecule has 0 aromatic heterocycles. The molecule has 2 aromatic rings. The van der Waals surface area contributed by atoms with Gasteiger partial charge in [0.2, 0.25) is 6.79 Å². The minimum Gasteiger partial charge on any atom is -0.454 e. The second-order valence-electron chi connectivity index (χ2n) is 6.07. The van der Waals surface area contributed by atoms with Crippen molar-refractivity contribution in [2.75, 3.05) is 26.4 Å². The summed E-state index contributed by atoms with van der Waals surface area (Å²) in [5.41, 5.74) is 1.66. The van der Waals surface area contributed by atoms with Crippen molar-refractivity contribution in [3.63, 3.8) is 0 Å². The van der Waals surface area contributed by atoms with Crippen LogP contribution in [0.5, 0.6) is 11.5 Å². The summed E-state index contributed by atoms with van der Waals surface area (Å²) in [6, 6.07) is 13.1. The highest BCUT2D eigenvalue weighted by Gasteiger charge is 2.13. The molecule has 0 bridgehead atoms. The standard InChI is InChI=1S/C20H23BrN4O3/c1-2-22-20(25-12-14-3-8-17-18(11-14)28-13-27-17)24-10-9-23-19(26)15-4-6-16(21)7-5-15/h3-8,11H,2,9-10,12-13H2,1H3,(H,23,26)(H2,22,24,25). The number of carbonyl (C=O) groups excluding carboxylic acids is 1. The van der Waals surface area contributed by atoms with Crippen LogP contribution >= 0.6 is 15.9 Å². The number of rotatable bonds is 7. The molecule has 3 N–H and O–H groups in total. The van der Waals surface area contributed by atoms with Crippen LogP contribution in [0.4, 0.5) is 0 Å². The molecular formula is C20H23BrN4O3. The third-order valence-corrected chi connectivity index (χ3v) is 4.54. The van der Waals surface area contributed by atoms with E-state index in [1.807, 2.05) is 37.3 Å². The maximum Gasteiger partial charge on any atom is 0.251 e. The van der Waals surface area contributed by atoms with Gasteiger partial charge in [-0.3, -0.25) is 4.79 Å². The molecule has 0 atom stereocenters. The zero-order valence-corrected chi connectivity index (χ0v) is 17.2. The summed E-state index contributed by atoms with van der Waals surface area (Å²) < 4.78 is 11.7. The molecule has 0 radical (unpaired) electrons. The predicted octanol–water partition coefficient (Wildman–Crippen LogP) is 2.66. The number of halogens is 1. The number of fused-ring (bicyclic) bond motifs is 1. The van der Waals surface area contributed by atoms with Crippen molar-refractivity contribution in [2.24, 2.45) is 4.99 Å². The molecule has 148 valence electrons. The van der Waals surface area contributed by atoms with Gasteiger partial charge < -0.3 is 25.4 Å². The summed E-state index contributed by atoms with van der Waals surface area (Å²) in [5, 5.41) is 9.30. The van der Waals surface area contributed by atoms with Crippen molar-refractivity contribution in [3.8, 4) is 11.5 Å². The minimum atomic E-state index is -0.100. The number of hydrogen-bond acceptors (Lipinski definition) is 4. The summed E-state index contributed by atoms with van der Waals surface area (Å²) in [6.07, 6.45) is 0. The first kappa shape index (κ1) is 20.0. The van der Waals surface area contributed by atoms with Gasteiger partial charge in [-0.1, -0.05) is 22.0 Å². The van der Waals surface area contributed by atoms with Gasteiger partial charge >= 0.3 is 0 Å². The second kappa shape index (κ2) is 9.98. The normalized spacial score (nSPS) is 12.6. The van der Waals surface area contributed by atoms with E-state index in [1.54, 1.807) is 12.1 Å². The van der Waals surface area contributed by atoms with Gasteiger partial charge in [0.1, 0.15) is 0 Å². The molecule has 0 fully saturated rings. The lowest BCUT2D eigenvalue weighted by atomic mass is 10.2. The Morgan fingerprint density at radius 3 is 2.57 bits per heavy atom. The van der Waals surface area contributed by atoms with E-state index >= 15 is 0 Å². The van der Waals surface area contributed by atoms with Gasteiger partial charge in [0.05, 0.1) is 6.54 Å².